The standard InChI is InChI=1S/C25H31FN4O3S2/c1-18-11-15-29(16-12-18)35(32,33)21-8-5-19(6-9-21)24(31)30(14-4-13-28(2)3)25-27-22-10-7-20(26)17-23(22)34-25/h5-10,17-18H,4,11-16H2,1-3H3. The quantitative estimate of drug-likeness (QED) is 0.440. The van der Waals surface area contributed by atoms with E-state index in [2.05, 4.69) is 11.9 Å². The number of carbonyl (C=O) groups excluding carboxylic acids is 1. The lowest BCUT2D eigenvalue weighted by atomic mass is 10.0. The summed E-state index contributed by atoms with van der Waals surface area (Å²) in [5.41, 5.74) is 1.01. The zero-order valence-electron chi connectivity index (χ0n) is 20.3. The van der Waals surface area contributed by atoms with Crippen molar-refractivity contribution < 1.29 is 17.6 Å². The molecule has 3 aromatic rings. The third-order valence-corrected chi connectivity index (χ3v) is 9.24. The van der Waals surface area contributed by atoms with Crippen LogP contribution in [0.2, 0.25) is 0 Å². The van der Waals surface area contributed by atoms with Gasteiger partial charge in [0.15, 0.2) is 5.13 Å². The molecule has 4 rings (SSSR count). The highest BCUT2D eigenvalue weighted by atomic mass is 32.2. The molecule has 10 heteroatoms. The second-order valence-corrected chi connectivity index (χ2v) is 12.3. The van der Waals surface area contributed by atoms with Crippen LogP contribution in [0.5, 0.6) is 0 Å². The van der Waals surface area contributed by atoms with Crippen molar-refractivity contribution in [3.8, 4) is 0 Å². The molecule has 0 N–H and O–H groups in total. The highest BCUT2D eigenvalue weighted by molar-refractivity contribution is 7.89. The monoisotopic (exact) mass is 518 g/mol. The molecule has 7 nitrogen and oxygen atoms in total. The Bertz CT molecular complexity index is 1280. The minimum absolute atomic E-state index is 0.193. The van der Waals surface area contributed by atoms with Gasteiger partial charge in [0, 0.05) is 25.2 Å². The number of sulfonamides is 1. The highest BCUT2D eigenvalue weighted by Crippen LogP contribution is 2.31. The number of anilines is 1. The van der Waals surface area contributed by atoms with Gasteiger partial charge in [0.05, 0.1) is 15.1 Å². The van der Waals surface area contributed by atoms with Crippen LogP contribution < -0.4 is 4.90 Å². The number of fused-ring (bicyclic) bond motifs is 1. The van der Waals surface area contributed by atoms with Crippen molar-refractivity contribution in [2.75, 3.05) is 45.2 Å². The summed E-state index contributed by atoms with van der Waals surface area (Å²) < 4.78 is 42.0. The number of rotatable bonds is 8. The Hall–Kier alpha value is -2.40. The molecule has 0 saturated carbocycles. The molecule has 35 heavy (non-hydrogen) atoms. The summed E-state index contributed by atoms with van der Waals surface area (Å²) in [6.45, 7) is 4.39. The predicted octanol–water partition coefficient (Wildman–Crippen LogP) is 4.45. The topological polar surface area (TPSA) is 73.8 Å². The van der Waals surface area contributed by atoms with Crippen LogP contribution in [0.4, 0.5) is 9.52 Å². The zero-order valence-corrected chi connectivity index (χ0v) is 21.9. The van der Waals surface area contributed by atoms with Gasteiger partial charge in [-0.05, 0) is 88.3 Å². The minimum atomic E-state index is -3.59. The summed E-state index contributed by atoms with van der Waals surface area (Å²) in [7, 11) is 0.346. The third-order valence-electron chi connectivity index (χ3n) is 6.28. The predicted molar refractivity (Wildman–Crippen MR) is 138 cm³/mol. The molecule has 1 aliphatic rings. The Labute approximate surface area is 210 Å². The molecule has 0 aliphatic carbocycles. The number of thiazole rings is 1. The number of aromatic nitrogens is 1. The van der Waals surface area contributed by atoms with E-state index in [9.17, 15) is 17.6 Å². The molecular weight excluding hydrogens is 487 g/mol. The van der Waals surface area contributed by atoms with E-state index >= 15 is 0 Å². The Kier molecular flexibility index (Phi) is 7.85. The van der Waals surface area contributed by atoms with Crippen molar-refractivity contribution in [2.24, 2.45) is 5.92 Å². The normalized spacial score (nSPS) is 15.7. The second kappa shape index (κ2) is 10.7. The van der Waals surface area contributed by atoms with Crippen LogP contribution in [0.15, 0.2) is 47.4 Å². The first-order chi connectivity index (χ1) is 16.6. The van der Waals surface area contributed by atoms with Crippen molar-refractivity contribution in [2.45, 2.75) is 31.1 Å². The second-order valence-electron chi connectivity index (χ2n) is 9.33. The van der Waals surface area contributed by atoms with Crippen LogP contribution >= 0.6 is 11.3 Å². The first-order valence-electron chi connectivity index (χ1n) is 11.8. The molecule has 1 fully saturated rings. The van der Waals surface area contributed by atoms with Gasteiger partial charge in [0.2, 0.25) is 10.0 Å². The van der Waals surface area contributed by atoms with Gasteiger partial charge >= 0.3 is 0 Å². The van der Waals surface area contributed by atoms with E-state index in [1.165, 1.54) is 39.9 Å². The van der Waals surface area contributed by atoms with E-state index < -0.39 is 10.0 Å². The maximum absolute atomic E-state index is 13.7. The van der Waals surface area contributed by atoms with Crippen LogP contribution in [0.25, 0.3) is 10.2 Å². The number of benzene rings is 2. The number of nitrogens with zero attached hydrogens (tertiary/aromatic N) is 4. The van der Waals surface area contributed by atoms with E-state index in [-0.39, 0.29) is 16.6 Å². The zero-order chi connectivity index (χ0) is 25.2. The Balaban J connectivity index is 1.58. The van der Waals surface area contributed by atoms with Crippen LogP contribution in [-0.4, -0.2) is 68.8 Å². The van der Waals surface area contributed by atoms with E-state index in [0.717, 1.165) is 25.8 Å². The molecule has 1 aliphatic heterocycles. The summed E-state index contributed by atoms with van der Waals surface area (Å²) in [4.78, 5) is 21.9. The molecule has 2 heterocycles. The smallest absolute Gasteiger partial charge is 0.260 e. The summed E-state index contributed by atoms with van der Waals surface area (Å²) in [5.74, 6) is -0.0869. The van der Waals surface area contributed by atoms with Crippen molar-refractivity contribution >= 4 is 42.6 Å². The Morgan fingerprint density at radius 3 is 2.46 bits per heavy atom. The Morgan fingerprint density at radius 2 is 1.80 bits per heavy atom. The lowest BCUT2D eigenvalue weighted by Crippen LogP contribution is -2.38. The van der Waals surface area contributed by atoms with Gasteiger partial charge < -0.3 is 4.90 Å². The molecular formula is C25H31FN4O3S2. The van der Waals surface area contributed by atoms with Crippen LogP contribution in [0.3, 0.4) is 0 Å². The van der Waals surface area contributed by atoms with Gasteiger partial charge in [-0.25, -0.2) is 17.8 Å². The number of carbonyl (C=O) groups is 1. The molecule has 0 radical (unpaired) electrons. The van der Waals surface area contributed by atoms with Crippen molar-refractivity contribution in [3.05, 3.63) is 53.8 Å². The van der Waals surface area contributed by atoms with Crippen LogP contribution in [0.1, 0.15) is 36.5 Å². The molecule has 2 aromatic carbocycles. The van der Waals surface area contributed by atoms with Gasteiger partial charge in [0.1, 0.15) is 5.82 Å². The minimum Gasteiger partial charge on any atom is -0.309 e. The molecule has 1 aromatic heterocycles. The SMILES string of the molecule is CC1CCN(S(=O)(=O)c2ccc(C(=O)N(CCCN(C)C)c3nc4ccc(F)cc4s3)cc2)CC1. The van der Waals surface area contributed by atoms with E-state index in [1.54, 1.807) is 23.1 Å². The van der Waals surface area contributed by atoms with Gasteiger partial charge in [0.25, 0.3) is 5.91 Å². The first kappa shape index (κ1) is 25.7. The summed E-state index contributed by atoms with van der Waals surface area (Å²) in [6.07, 6.45) is 2.43. The van der Waals surface area contributed by atoms with E-state index in [1.807, 2.05) is 19.0 Å². The van der Waals surface area contributed by atoms with Gasteiger partial charge in [-0.1, -0.05) is 18.3 Å². The summed E-state index contributed by atoms with van der Waals surface area (Å²) in [5, 5.41) is 0.494. The van der Waals surface area contributed by atoms with Crippen molar-refractivity contribution in [3.63, 3.8) is 0 Å². The Morgan fingerprint density at radius 1 is 1.11 bits per heavy atom. The van der Waals surface area contributed by atoms with Gasteiger partial charge in [-0.15, -0.1) is 0 Å². The fourth-order valence-electron chi connectivity index (χ4n) is 4.13. The number of piperidine rings is 1. The molecule has 188 valence electrons. The molecule has 0 spiro atoms. The number of amides is 1. The van der Waals surface area contributed by atoms with E-state index in [4.69, 9.17) is 0 Å². The maximum atomic E-state index is 13.7. The lowest BCUT2D eigenvalue weighted by Gasteiger charge is -2.29. The average molecular weight is 519 g/mol. The lowest BCUT2D eigenvalue weighted by molar-refractivity contribution is 0.0986. The largest absolute Gasteiger partial charge is 0.309 e. The number of hydrogen-bond acceptors (Lipinski definition) is 6. The molecule has 0 unspecified atom stereocenters. The molecule has 1 saturated heterocycles. The van der Waals surface area contributed by atoms with Crippen LogP contribution in [0, 0.1) is 11.7 Å². The van der Waals surface area contributed by atoms with Crippen molar-refractivity contribution in [1.82, 2.24) is 14.2 Å². The van der Waals surface area contributed by atoms with E-state index in [0.29, 0.717) is 46.5 Å². The van der Waals surface area contributed by atoms with Gasteiger partial charge in [-0.2, -0.15) is 4.31 Å². The number of hydrogen-bond donors (Lipinski definition) is 0. The summed E-state index contributed by atoms with van der Waals surface area (Å²) in [6, 6.07) is 10.5. The van der Waals surface area contributed by atoms with Gasteiger partial charge in [-0.3, -0.25) is 9.69 Å². The fraction of sp³-hybridized carbons (Fsp3) is 0.440. The average Bonchev–Trinajstić information content (AvgIpc) is 3.24. The third kappa shape index (κ3) is 5.88. The first-order valence-corrected chi connectivity index (χ1v) is 14.0. The van der Waals surface area contributed by atoms with Crippen LogP contribution in [-0.2, 0) is 10.0 Å². The molecule has 0 atom stereocenters. The number of halogens is 1. The fourth-order valence-corrected chi connectivity index (χ4v) is 6.62. The molecule has 0 bridgehead atoms. The summed E-state index contributed by atoms with van der Waals surface area (Å²) >= 11 is 1.27. The maximum Gasteiger partial charge on any atom is 0.260 e. The highest BCUT2D eigenvalue weighted by Gasteiger charge is 2.28. The van der Waals surface area contributed by atoms with Crippen molar-refractivity contribution in [1.29, 1.82) is 0 Å². The molecule has 1 amide bonds.